The van der Waals surface area contributed by atoms with Crippen molar-refractivity contribution in [1.82, 2.24) is 0 Å². The van der Waals surface area contributed by atoms with Gasteiger partial charge in [-0.15, -0.1) is 0 Å². The molecule has 0 bridgehead atoms. The fourth-order valence-corrected chi connectivity index (χ4v) is 2.43. The highest BCUT2D eigenvalue weighted by atomic mass is 16.5. The molecule has 0 amide bonds. The molecular formula is C19H31NO2. The maximum absolute atomic E-state index is 12.3. The lowest BCUT2D eigenvalue weighted by atomic mass is 9.77. The Bertz CT molecular complexity index is 579. The minimum atomic E-state index is -0.506. The van der Waals surface area contributed by atoms with E-state index in [4.69, 9.17) is 0 Å². The predicted octanol–water partition coefficient (Wildman–Crippen LogP) is 4.71. The molecular weight excluding hydrogens is 274 g/mol. The van der Waals surface area contributed by atoms with Gasteiger partial charge in [0, 0.05) is 31.9 Å². The van der Waals surface area contributed by atoms with E-state index in [1.807, 2.05) is 32.9 Å². The van der Waals surface area contributed by atoms with Crippen molar-refractivity contribution >= 4 is 6.21 Å². The van der Waals surface area contributed by atoms with Crippen LogP contribution in [0.15, 0.2) is 12.1 Å². The van der Waals surface area contributed by atoms with E-state index < -0.39 is 5.54 Å². The van der Waals surface area contributed by atoms with Crippen molar-refractivity contribution in [2.24, 2.45) is 0 Å². The van der Waals surface area contributed by atoms with Gasteiger partial charge in [-0.1, -0.05) is 47.6 Å². The smallest absolute Gasteiger partial charge is 0.182 e. The van der Waals surface area contributed by atoms with E-state index in [2.05, 4.69) is 41.5 Å². The van der Waals surface area contributed by atoms with Crippen molar-refractivity contribution in [1.29, 1.82) is 0 Å². The van der Waals surface area contributed by atoms with Gasteiger partial charge in [-0.05, 0) is 22.5 Å². The van der Waals surface area contributed by atoms with Crippen LogP contribution in [0.1, 0.15) is 79.0 Å². The van der Waals surface area contributed by atoms with Crippen LogP contribution in [0.4, 0.5) is 0 Å². The molecule has 0 heterocycles. The molecule has 0 radical (unpaired) electrons. The van der Waals surface area contributed by atoms with Crippen molar-refractivity contribution in [2.45, 2.75) is 78.7 Å². The minimum Gasteiger partial charge on any atom is -0.623 e. The van der Waals surface area contributed by atoms with E-state index in [1.54, 1.807) is 6.21 Å². The Balaban J connectivity index is 3.66. The van der Waals surface area contributed by atoms with Crippen LogP contribution in [-0.4, -0.2) is 21.6 Å². The molecule has 0 aliphatic carbocycles. The van der Waals surface area contributed by atoms with Gasteiger partial charge in [0.1, 0.15) is 5.75 Å². The monoisotopic (exact) mass is 305 g/mol. The number of aromatic hydroxyl groups is 1. The van der Waals surface area contributed by atoms with Crippen LogP contribution in [0.2, 0.25) is 0 Å². The van der Waals surface area contributed by atoms with E-state index in [0.717, 1.165) is 21.4 Å². The molecule has 0 aromatic heterocycles. The SMILES string of the molecule is CC(C)(C)c1ccc(/C=[N+](\[O-])C(C)(C)C)c(C(C)(C)C)c1O. The van der Waals surface area contributed by atoms with Crippen molar-refractivity contribution in [3.05, 3.63) is 34.0 Å². The highest BCUT2D eigenvalue weighted by Gasteiger charge is 2.29. The summed E-state index contributed by atoms with van der Waals surface area (Å²) in [5.41, 5.74) is 1.60. The lowest BCUT2D eigenvalue weighted by molar-refractivity contribution is -0.530. The van der Waals surface area contributed by atoms with E-state index in [-0.39, 0.29) is 10.8 Å². The van der Waals surface area contributed by atoms with Crippen molar-refractivity contribution in [3.63, 3.8) is 0 Å². The lowest BCUT2D eigenvalue weighted by Crippen LogP contribution is -2.30. The first-order chi connectivity index (χ1) is 9.65. The van der Waals surface area contributed by atoms with Gasteiger partial charge < -0.3 is 10.3 Å². The summed E-state index contributed by atoms with van der Waals surface area (Å²) >= 11 is 0. The summed E-state index contributed by atoms with van der Waals surface area (Å²) < 4.78 is 0.952. The standard InChI is InChI=1S/C19H31NO2/c1-17(2,3)14-11-10-13(12-20(22)19(7,8)9)15(16(14)21)18(4,5)6/h10-12,21H,1-9H3/b20-12-. The highest BCUT2D eigenvalue weighted by molar-refractivity contribution is 5.81. The summed E-state index contributed by atoms with van der Waals surface area (Å²) in [7, 11) is 0. The molecule has 0 saturated heterocycles. The van der Waals surface area contributed by atoms with Crippen LogP contribution >= 0.6 is 0 Å². The van der Waals surface area contributed by atoms with Gasteiger partial charge in [0.15, 0.2) is 11.8 Å². The predicted molar refractivity (Wildman–Crippen MR) is 94.1 cm³/mol. The first-order valence-electron chi connectivity index (χ1n) is 7.84. The molecule has 0 aliphatic rings. The lowest BCUT2D eigenvalue weighted by Gasteiger charge is -2.28. The first kappa shape index (κ1) is 18.5. The Morgan fingerprint density at radius 1 is 0.909 bits per heavy atom. The van der Waals surface area contributed by atoms with Gasteiger partial charge in [-0.2, -0.15) is 0 Å². The van der Waals surface area contributed by atoms with Crippen LogP contribution in [0, 0.1) is 5.21 Å². The molecule has 22 heavy (non-hydrogen) atoms. The van der Waals surface area contributed by atoms with Gasteiger partial charge in [0.2, 0.25) is 0 Å². The Hall–Kier alpha value is -1.51. The van der Waals surface area contributed by atoms with Crippen molar-refractivity contribution in [3.8, 4) is 5.75 Å². The zero-order valence-corrected chi connectivity index (χ0v) is 15.5. The number of rotatable bonds is 1. The third-order valence-electron chi connectivity index (χ3n) is 3.69. The Morgan fingerprint density at radius 3 is 1.77 bits per heavy atom. The summed E-state index contributed by atoms with van der Waals surface area (Å²) in [6.45, 7) is 18.0. The molecule has 1 aromatic carbocycles. The van der Waals surface area contributed by atoms with E-state index in [9.17, 15) is 10.3 Å². The number of phenolic OH excluding ortho intramolecular Hbond substituents is 1. The van der Waals surface area contributed by atoms with Gasteiger partial charge in [0.25, 0.3) is 0 Å². The maximum Gasteiger partial charge on any atom is 0.182 e. The summed E-state index contributed by atoms with van der Waals surface area (Å²) in [5.74, 6) is 0.302. The molecule has 1 rings (SSSR count). The van der Waals surface area contributed by atoms with Crippen LogP contribution < -0.4 is 0 Å². The second-order valence-electron chi connectivity index (χ2n) is 9.05. The Labute approximate surface area is 135 Å². The quantitative estimate of drug-likeness (QED) is 0.353. The van der Waals surface area contributed by atoms with Crippen LogP contribution in [-0.2, 0) is 10.8 Å². The maximum atomic E-state index is 12.3. The van der Waals surface area contributed by atoms with E-state index >= 15 is 0 Å². The van der Waals surface area contributed by atoms with Crippen LogP contribution in [0.3, 0.4) is 0 Å². The fourth-order valence-electron chi connectivity index (χ4n) is 2.43. The normalized spacial score (nSPS) is 14.3. The van der Waals surface area contributed by atoms with Gasteiger partial charge in [-0.25, -0.2) is 4.74 Å². The molecule has 0 aliphatic heterocycles. The molecule has 0 saturated carbocycles. The molecule has 1 aromatic rings. The van der Waals surface area contributed by atoms with Gasteiger partial charge in [-0.3, -0.25) is 0 Å². The van der Waals surface area contributed by atoms with E-state index in [0.29, 0.717) is 5.75 Å². The summed E-state index contributed by atoms with van der Waals surface area (Å²) in [6.07, 6.45) is 1.59. The average molecular weight is 305 g/mol. The molecule has 0 atom stereocenters. The zero-order valence-electron chi connectivity index (χ0n) is 15.5. The second-order valence-corrected chi connectivity index (χ2v) is 9.05. The number of phenols is 1. The molecule has 124 valence electrons. The molecule has 0 fully saturated rings. The summed E-state index contributed by atoms with van der Waals surface area (Å²) in [5, 5.41) is 23.1. The highest BCUT2D eigenvalue weighted by Crippen LogP contribution is 2.40. The van der Waals surface area contributed by atoms with Crippen molar-refractivity contribution in [2.75, 3.05) is 0 Å². The largest absolute Gasteiger partial charge is 0.623 e. The number of nitrogens with zero attached hydrogens (tertiary/aromatic N) is 1. The molecule has 3 heteroatoms. The third kappa shape index (κ3) is 4.02. The summed E-state index contributed by atoms with van der Waals surface area (Å²) in [4.78, 5) is 0. The minimum absolute atomic E-state index is 0.149. The fraction of sp³-hybridized carbons (Fsp3) is 0.632. The Morgan fingerprint density at radius 2 is 1.41 bits per heavy atom. The van der Waals surface area contributed by atoms with Crippen molar-refractivity contribution < 1.29 is 9.85 Å². The third-order valence-corrected chi connectivity index (χ3v) is 3.69. The van der Waals surface area contributed by atoms with Crippen LogP contribution in [0.25, 0.3) is 0 Å². The average Bonchev–Trinajstić information content (AvgIpc) is 2.23. The summed E-state index contributed by atoms with van der Waals surface area (Å²) in [6, 6.07) is 3.87. The van der Waals surface area contributed by atoms with Gasteiger partial charge in [0.05, 0.1) is 0 Å². The number of benzene rings is 1. The molecule has 3 nitrogen and oxygen atoms in total. The molecule has 0 spiro atoms. The number of hydrogen-bond donors (Lipinski definition) is 1. The number of hydroxylamine groups is 1. The van der Waals surface area contributed by atoms with Gasteiger partial charge >= 0.3 is 0 Å². The molecule has 0 unspecified atom stereocenters. The topological polar surface area (TPSA) is 46.3 Å². The zero-order chi connectivity index (χ0) is 17.5. The Kier molecular flexibility index (Phi) is 4.72. The van der Waals surface area contributed by atoms with Crippen LogP contribution in [0.5, 0.6) is 5.75 Å². The molecule has 1 N–H and O–H groups in total. The second kappa shape index (κ2) is 5.60. The first-order valence-corrected chi connectivity index (χ1v) is 7.84. The number of hydrogen-bond acceptors (Lipinski definition) is 2. The van der Waals surface area contributed by atoms with E-state index in [1.165, 1.54) is 0 Å².